The smallest absolute Gasteiger partial charge is 0.317 e. The third-order valence-electron chi connectivity index (χ3n) is 4.91. The zero-order chi connectivity index (χ0) is 15.2. The molecule has 0 radical (unpaired) electrons. The van der Waals surface area contributed by atoms with Crippen molar-refractivity contribution in [3.8, 4) is 0 Å². The summed E-state index contributed by atoms with van der Waals surface area (Å²) in [6.45, 7) is 1.21. The lowest BCUT2D eigenvalue weighted by Gasteiger charge is -2.35. The van der Waals surface area contributed by atoms with Crippen molar-refractivity contribution in [1.82, 2.24) is 15.1 Å². The zero-order valence-corrected chi connectivity index (χ0v) is 13.6. The van der Waals surface area contributed by atoms with Crippen LogP contribution in [0.1, 0.15) is 44.9 Å². The van der Waals surface area contributed by atoms with E-state index in [1.54, 1.807) is 4.90 Å². The number of nitrogens with zero attached hydrogens (tertiary/aromatic N) is 2. The molecule has 2 amide bonds. The SMILES string of the molecule is CN(C)C(CNC(=O)N(CCO)C1CC1)C1CCCCC1. The molecule has 2 aliphatic carbocycles. The van der Waals surface area contributed by atoms with Crippen molar-refractivity contribution in [3.05, 3.63) is 0 Å². The van der Waals surface area contributed by atoms with Gasteiger partial charge in [-0.05, 0) is 45.7 Å². The summed E-state index contributed by atoms with van der Waals surface area (Å²) in [5, 5.41) is 12.2. The summed E-state index contributed by atoms with van der Waals surface area (Å²) in [6.07, 6.45) is 8.71. The molecule has 2 rings (SSSR count). The maximum atomic E-state index is 12.3. The second-order valence-corrected chi connectivity index (χ2v) is 6.76. The number of likely N-dealkylation sites (N-methyl/N-ethyl adjacent to an activating group) is 1. The van der Waals surface area contributed by atoms with E-state index in [-0.39, 0.29) is 12.6 Å². The van der Waals surface area contributed by atoms with Gasteiger partial charge in [-0.2, -0.15) is 0 Å². The quantitative estimate of drug-likeness (QED) is 0.751. The topological polar surface area (TPSA) is 55.8 Å². The first-order valence-electron chi connectivity index (χ1n) is 8.45. The molecule has 0 aliphatic heterocycles. The normalized spacial score (nSPS) is 21.3. The van der Waals surface area contributed by atoms with E-state index in [4.69, 9.17) is 5.11 Å². The molecule has 0 bridgehead atoms. The molecule has 21 heavy (non-hydrogen) atoms. The molecule has 2 saturated carbocycles. The third kappa shape index (κ3) is 4.85. The van der Waals surface area contributed by atoms with E-state index in [2.05, 4.69) is 24.3 Å². The molecule has 0 aromatic carbocycles. The van der Waals surface area contributed by atoms with Crippen LogP contribution >= 0.6 is 0 Å². The Morgan fingerprint density at radius 2 is 1.86 bits per heavy atom. The maximum Gasteiger partial charge on any atom is 0.317 e. The lowest BCUT2D eigenvalue weighted by molar-refractivity contribution is 0.151. The van der Waals surface area contributed by atoms with Gasteiger partial charge in [0, 0.05) is 25.2 Å². The second-order valence-electron chi connectivity index (χ2n) is 6.76. The summed E-state index contributed by atoms with van der Waals surface area (Å²) in [6, 6.07) is 0.767. The van der Waals surface area contributed by atoms with Gasteiger partial charge in [-0.15, -0.1) is 0 Å². The lowest BCUT2D eigenvalue weighted by atomic mass is 9.83. The summed E-state index contributed by atoms with van der Waals surface area (Å²) in [5.74, 6) is 0.696. The van der Waals surface area contributed by atoms with E-state index in [0.29, 0.717) is 31.1 Å². The van der Waals surface area contributed by atoms with E-state index >= 15 is 0 Å². The van der Waals surface area contributed by atoms with Gasteiger partial charge in [-0.3, -0.25) is 0 Å². The number of carbonyl (C=O) groups excluding carboxylic acids is 1. The van der Waals surface area contributed by atoms with Gasteiger partial charge in [-0.25, -0.2) is 4.79 Å². The Morgan fingerprint density at radius 1 is 1.19 bits per heavy atom. The number of urea groups is 1. The van der Waals surface area contributed by atoms with Crippen molar-refractivity contribution in [1.29, 1.82) is 0 Å². The van der Waals surface area contributed by atoms with Crippen molar-refractivity contribution in [3.63, 3.8) is 0 Å². The van der Waals surface area contributed by atoms with Gasteiger partial charge in [-0.1, -0.05) is 19.3 Å². The summed E-state index contributed by atoms with van der Waals surface area (Å²) in [5.41, 5.74) is 0. The molecule has 1 atom stereocenters. The molecule has 0 spiro atoms. The number of hydrogen-bond donors (Lipinski definition) is 2. The molecule has 2 fully saturated rings. The minimum Gasteiger partial charge on any atom is -0.395 e. The second kappa shape index (κ2) is 7.99. The van der Waals surface area contributed by atoms with Gasteiger partial charge in [0.05, 0.1) is 6.61 Å². The fourth-order valence-corrected chi connectivity index (χ4v) is 3.53. The maximum absolute atomic E-state index is 12.3. The van der Waals surface area contributed by atoms with Crippen molar-refractivity contribution in [2.45, 2.75) is 57.0 Å². The first-order chi connectivity index (χ1) is 10.1. The molecule has 0 aromatic heterocycles. The number of amides is 2. The minimum absolute atomic E-state index is 0.00536. The van der Waals surface area contributed by atoms with Gasteiger partial charge in [0.15, 0.2) is 0 Å². The van der Waals surface area contributed by atoms with Gasteiger partial charge in [0.2, 0.25) is 0 Å². The van der Waals surface area contributed by atoms with E-state index in [1.165, 1.54) is 32.1 Å². The fourth-order valence-electron chi connectivity index (χ4n) is 3.53. The van der Waals surface area contributed by atoms with E-state index < -0.39 is 0 Å². The summed E-state index contributed by atoms with van der Waals surface area (Å²) in [7, 11) is 4.22. The largest absolute Gasteiger partial charge is 0.395 e. The number of rotatable bonds is 7. The fraction of sp³-hybridized carbons (Fsp3) is 0.938. The predicted molar refractivity (Wildman–Crippen MR) is 84.3 cm³/mol. The van der Waals surface area contributed by atoms with Crippen LogP contribution in [0.2, 0.25) is 0 Å². The molecule has 0 saturated heterocycles. The third-order valence-corrected chi connectivity index (χ3v) is 4.91. The molecular weight excluding hydrogens is 266 g/mol. The van der Waals surface area contributed by atoms with Crippen LogP contribution in [0.5, 0.6) is 0 Å². The minimum atomic E-state index is -0.00536. The predicted octanol–water partition coefficient (Wildman–Crippen LogP) is 1.66. The standard InChI is InChI=1S/C16H31N3O2/c1-18(2)15(13-6-4-3-5-7-13)12-17-16(21)19(10-11-20)14-8-9-14/h13-15,20H,3-12H2,1-2H3,(H,17,21). The van der Waals surface area contributed by atoms with Crippen LogP contribution in [0, 0.1) is 5.92 Å². The molecule has 0 heterocycles. The van der Waals surface area contributed by atoms with Crippen LogP contribution in [0.4, 0.5) is 4.79 Å². The van der Waals surface area contributed by atoms with Crippen molar-refractivity contribution < 1.29 is 9.90 Å². The van der Waals surface area contributed by atoms with E-state index in [1.807, 2.05) is 0 Å². The molecule has 2 aliphatic rings. The first kappa shape index (κ1) is 16.6. The Morgan fingerprint density at radius 3 is 2.38 bits per heavy atom. The molecule has 122 valence electrons. The molecule has 5 heteroatoms. The monoisotopic (exact) mass is 297 g/mol. The highest BCUT2D eigenvalue weighted by Crippen LogP contribution is 2.29. The molecule has 5 nitrogen and oxygen atoms in total. The number of aliphatic hydroxyl groups is 1. The van der Waals surface area contributed by atoms with Crippen LogP contribution in [0.25, 0.3) is 0 Å². The van der Waals surface area contributed by atoms with Crippen molar-refractivity contribution >= 4 is 6.03 Å². The highest BCUT2D eigenvalue weighted by molar-refractivity contribution is 5.75. The number of nitrogens with one attached hydrogen (secondary N) is 1. The lowest BCUT2D eigenvalue weighted by Crippen LogP contribution is -2.50. The van der Waals surface area contributed by atoms with E-state index in [0.717, 1.165) is 12.8 Å². The van der Waals surface area contributed by atoms with Gasteiger partial charge < -0.3 is 20.2 Å². The van der Waals surface area contributed by atoms with Crippen molar-refractivity contribution in [2.24, 2.45) is 5.92 Å². The highest BCUT2D eigenvalue weighted by Gasteiger charge is 2.33. The Kier molecular flexibility index (Phi) is 6.30. The molecular formula is C16H31N3O2. The van der Waals surface area contributed by atoms with Gasteiger partial charge in [0.25, 0.3) is 0 Å². The van der Waals surface area contributed by atoms with E-state index in [9.17, 15) is 4.79 Å². The Labute approximate surface area is 128 Å². The number of carbonyl (C=O) groups is 1. The average Bonchev–Trinajstić information content (AvgIpc) is 3.30. The Balaban J connectivity index is 1.83. The van der Waals surface area contributed by atoms with Crippen LogP contribution < -0.4 is 5.32 Å². The van der Waals surface area contributed by atoms with Crippen LogP contribution in [0.3, 0.4) is 0 Å². The van der Waals surface area contributed by atoms with Gasteiger partial charge >= 0.3 is 6.03 Å². The molecule has 0 aromatic rings. The summed E-state index contributed by atoms with van der Waals surface area (Å²) < 4.78 is 0. The first-order valence-corrected chi connectivity index (χ1v) is 8.45. The number of aliphatic hydroxyl groups excluding tert-OH is 1. The number of hydrogen-bond acceptors (Lipinski definition) is 3. The van der Waals surface area contributed by atoms with Crippen molar-refractivity contribution in [2.75, 3.05) is 33.8 Å². The Hall–Kier alpha value is -0.810. The highest BCUT2D eigenvalue weighted by atomic mass is 16.3. The zero-order valence-electron chi connectivity index (χ0n) is 13.6. The summed E-state index contributed by atoms with van der Waals surface area (Å²) in [4.78, 5) is 16.4. The van der Waals surface area contributed by atoms with Crippen LogP contribution in [0.15, 0.2) is 0 Å². The van der Waals surface area contributed by atoms with Crippen LogP contribution in [-0.4, -0.2) is 66.8 Å². The van der Waals surface area contributed by atoms with Gasteiger partial charge in [0.1, 0.15) is 0 Å². The summed E-state index contributed by atoms with van der Waals surface area (Å²) >= 11 is 0. The Bertz CT molecular complexity index is 325. The molecule has 1 unspecified atom stereocenters. The van der Waals surface area contributed by atoms with Crippen LogP contribution in [-0.2, 0) is 0 Å². The molecule has 2 N–H and O–H groups in total. The average molecular weight is 297 g/mol.